The molecule has 0 heterocycles. The molecule has 0 amide bonds. The number of phenolic OH excluding ortho intramolecular Hbond substituents is 1. The summed E-state index contributed by atoms with van der Waals surface area (Å²) in [6.07, 6.45) is 3.36. The number of aromatic hydroxyl groups is 1. The highest BCUT2D eigenvalue weighted by molar-refractivity contribution is 7.50. The molecule has 0 bridgehead atoms. The van der Waals surface area contributed by atoms with Gasteiger partial charge in [0.2, 0.25) is 0 Å². The Hall–Kier alpha value is -1.96. The van der Waals surface area contributed by atoms with E-state index in [1.807, 2.05) is 0 Å². The van der Waals surface area contributed by atoms with Gasteiger partial charge >= 0.3 is 7.75 Å². The Morgan fingerprint density at radius 3 is 2.29 bits per heavy atom. The zero-order chi connectivity index (χ0) is 18.1. The summed E-state index contributed by atoms with van der Waals surface area (Å²) in [6, 6.07) is 5.77. The van der Waals surface area contributed by atoms with E-state index in [-0.39, 0.29) is 17.2 Å². The van der Waals surface area contributed by atoms with Gasteiger partial charge in [-0.15, -0.1) is 0 Å². The Balaban J connectivity index is 2.42. The van der Waals surface area contributed by atoms with Crippen molar-refractivity contribution in [3.63, 3.8) is 0 Å². The summed E-state index contributed by atoms with van der Waals surface area (Å²) in [5.74, 6) is -4.90. The number of allylic oxidation sites excluding steroid dienone is 2. The summed E-state index contributed by atoms with van der Waals surface area (Å²) >= 11 is 0. The second-order valence-electron chi connectivity index (χ2n) is 5.54. The van der Waals surface area contributed by atoms with Crippen molar-refractivity contribution < 1.29 is 34.8 Å². The van der Waals surface area contributed by atoms with Crippen molar-refractivity contribution in [3.8, 4) is 5.75 Å². The van der Waals surface area contributed by atoms with Crippen LogP contribution in [0.15, 0.2) is 53.0 Å². The quantitative estimate of drug-likeness (QED) is 0.352. The highest BCUT2D eigenvalue weighted by Gasteiger charge is 2.43. The Bertz CT molecular complexity index is 746. The fraction of sp³-hybridized carbons (Fsp3) is 0.267. The fourth-order valence-electron chi connectivity index (χ4n) is 2.46. The molecule has 2 unspecified atom stereocenters. The number of phenols is 1. The second-order valence-corrected chi connectivity index (χ2v) is 6.77. The molecule has 130 valence electrons. The molecule has 0 saturated carbocycles. The van der Waals surface area contributed by atoms with Crippen molar-refractivity contribution >= 4 is 13.5 Å². The van der Waals surface area contributed by atoms with Crippen LogP contribution in [0.5, 0.6) is 5.75 Å². The number of hydrogen-bond acceptors (Lipinski definition) is 5. The molecule has 6 N–H and O–H groups in total. The first-order valence-corrected chi connectivity index (χ1v) is 8.55. The van der Waals surface area contributed by atoms with Crippen LogP contribution >= 0.6 is 7.75 Å². The van der Waals surface area contributed by atoms with Crippen molar-refractivity contribution in [3.05, 3.63) is 53.8 Å². The summed E-state index contributed by atoms with van der Waals surface area (Å²) in [6.45, 7) is 1.51. The standard InChI is InChI=1S/C15H18NO7P/c1-9(10-2-4-11(17)5-3-10)15(19,20)13-7-6-12(18)8-14(13)16-24(21,22)23/h2-9,13,17-20H,1H3,(H2,21,22,23)/b16-14+. The van der Waals surface area contributed by atoms with Gasteiger partial charge in [-0.25, -0.2) is 4.57 Å². The van der Waals surface area contributed by atoms with E-state index in [0.717, 1.165) is 6.08 Å². The van der Waals surface area contributed by atoms with Gasteiger partial charge in [0.15, 0.2) is 5.79 Å². The lowest BCUT2D eigenvalue weighted by atomic mass is 9.79. The van der Waals surface area contributed by atoms with Crippen molar-refractivity contribution in [1.29, 1.82) is 0 Å². The molecule has 24 heavy (non-hydrogen) atoms. The molecule has 0 aromatic heterocycles. The normalized spacial score (nSPS) is 21.6. The van der Waals surface area contributed by atoms with Crippen molar-refractivity contribution in [2.45, 2.75) is 18.6 Å². The molecular formula is C15H18NO7P. The SMILES string of the molecule is CC(c1ccc(O)cc1)C(O)(O)C1C=CC(O)=C/C1=N\P(=O)(O)O. The number of aliphatic hydroxyl groups excluding tert-OH is 1. The van der Waals surface area contributed by atoms with Crippen LogP contribution in [0.4, 0.5) is 0 Å². The highest BCUT2D eigenvalue weighted by Crippen LogP contribution is 2.41. The number of aliphatic hydroxyl groups is 3. The summed E-state index contributed by atoms with van der Waals surface area (Å²) in [4.78, 5) is 18.0. The van der Waals surface area contributed by atoms with Crippen LogP contribution in [-0.2, 0) is 4.57 Å². The van der Waals surface area contributed by atoms with E-state index in [1.165, 1.54) is 43.3 Å². The highest BCUT2D eigenvalue weighted by atomic mass is 31.2. The molecule has 8 nitrogen and oxygen atoms in total. The van der Waals surface area contributed by atoms with Crippen LogP contribution in [0.2, 0.25) is 0 Å². The molecule has 0 spiro atoms. The third kappa shape index (κ3) is 4.11. The van der Waals surface area contributed by atoms with Crippen LogP contribution in [0.3, 0.4) is 0 Å². The van der Waals surface area contributed by atoms with Crippen molar-refractivity contribution in [2.24, 2.45) is 10.7 Å². The minimum Gasteiger partial charge on any atom is -0.508 e. The number of rotatable bonds is 4. The lowest BCUT2D eigenvalue weighted by Gasteiger charge is -2.36. The van der Waals surface area contributed by atoms with Gasteiger partial charge in [0, 0.05) is 12.0 Å². The monoisotopic (exact) mass is 355 g/mol. The van der Waals surface area contributed by atoms with E-state index in [9.17, 15) is 25.0 Å². The molecule has 1 aliphatic carbocycles. The molecule has 9 heteroatoms. The van der Waals surface area contributed by atoms with Gasteiger partial charge in [-0.1, -0.05) is 25.1 Å². The lowest BCUT2D eigenvalue weighted by Crippen LogP contribution is -2.46. The Kier molecular flexibility index (Phi) is 4.98. The molecular weight excluding hydrogens is 337 g/mol. The van der Waals surface area contributed by atoms with E-state index in [2.05, 4.69) is 4.76 Å². The summed E-state index contributed by atoms with van der Waals surface area (Å²) in [5.41, 5.74) is 0.138. The zero-order valence-electron chi connectivity index (χ0n) is 12.7. The molecule has 0 radical (unpaired) electrons. The van der Waals surface area contributed by atoms with E-state index in [1.54, 1.807) is 0 Å². The third-order valence-corrected chi connectivity index (χ3v) is 4.30. The smallest absolute Gasteiger partial charge is 0.448 e. The lowest BCUT2D eigenvalue weighted by molar-refractivity contribution is -0.188. The minimum absolute atomic E-state index is 0.0154. The summed E-state index contributed by atoms with van der Waals surface area (Å²) < 4.78 is 14.3. The van der Waals surface area contributed by atoms with Crippen LogP contribution in [0.25, 0.3) is 0 Å². The van der Waals surface area contributed by atoms with Crippen molar-refractivity contribution in [2.75, 3.05) is 0 Å². The van der Waals surface area contributed by atoms with E-state index < -0.39 is 25.4 Å². The molecule has 0 fully saturated rings. The molecule has 2 rings (SSSR count). The van der Waals surface area contributed by atoms with Gasteiger partial charge in [0.25, 0.3) is 0 Å². The van der Waals surface area contributed by atoms with Gasteiger partial charge < -0.3 is 30.2 Å². The first-order chi connectivity index (χ1) is 11.0. The second kappa shape index (κ2) is 6.51. The fourth-order valence-corrected chi connectivity index (χ4v) is 2.94. The summed E-state index contributed by atoms with van der Waals surface area (Å²) in [5, 5.41) is 40.0. The topological polar surface area (TPSA) is 151 Å². The van der Waals surface area contributed by atoms with E-state index in [0.29, 0.717) is 5.56 Å². The Morgan fingerprint density at radius 2 is 1.75 bits per heavy atom. The van der Waals surface area contributed by atoms with Crippen LogP contribution in [-0.4, -0.2) is 41.7 Å². The van der Waals surface area contributed by atoms with Crippen LogP contribution < -0.4 is 0 Å². The molecule has 1 aromatic carbocycles. The van der Waals surface area contributed by atoms with Gasteiger partial charge in [-0.2, -0.15) is 4.76 Å². The minimum atomic E-state index is -4.83. The third-order valence-electron chi connectivity index (χ3n) is 3.81. The van der Waals surface area contributed by atoms with E-state index >= 15 is 0 Å². The first-order valence-electron chi connectivity index (χ1n) is 6.99. The van der Waals surface area contributed by atoms with Gasteiger partial charge in [0.1, 0.15) is 11.5 Å². The largest absolute Gasteiger partial charge is 0.508 e. The average Bonchev–Trinajstić information content (AvgIpc) is 2.45. The number of nitrogens with zero attached hydrogens (tertiary/aromatic N) is 1. The predicted molar refractivity (Wildman–Crippen MR) is 86.5 cm³/mol. The molecule has 1 aromatic rings. The maximum Gasteiger partial charge on any atom is 0.448 e. The number of benzene rings is 1. The van der Waals surface area contributed by atoms with Crippen LogP contribution in [0.1, 0.15) is 18.4 Å². The van der Waals surface area contributed by atoms with E-state index in [4.69, 9.17) is 9.79 Å². The van der Waals surface area contributed by atoms with Gasteiger partial charge in [-0.05, 0) is 23.8 Å². The summed E-state index contributed by atoms with van der Waals surface area (Å²) in [7, 11) is -4.83. The van der Waals surface area contributed by atoms with Gasteiger partial charge in [-0.3, -0.25) is 0 Å². The molecule has 1 aliphatic rings. The Labute approximate surface area is 138 Å². The van der Waals surface area contributed by atoms with Crippen LogP contribution in [0, 0.1) is 5.92 Å². The first kappa shape index (κ1) is 18.4. The Morgan fingerprint density at radius 1 is 1.17 bits per heavy atom. The molecule has 0 saturated heterocycles. The maximum atomic E-state index is 11.1. The molecule has 2 atom stereocenters. The maximum absolute atomic E-state index is 11.1. The average molecular weight is 355 g/mol. The predicted octanol–water partition coefficient (Wildman–Crippen LogP) is 1.34. The number of hydrogen-bond donors (Lipinski definition) is 6. The zero-order valence-corrected chi connectivity index (χ0v) is 13.6. The molecule has 0 aliphatic heterocycles. The van der Waals surface area contributed by atoms with Gasteiger partial charge in [0.05, 0.1) is 11.6 Å². The van der Waals surface area contributed by atoms with Crippen molar-refractivity contribution in [1.82, 2.24) is 0 Å².